The first-order chi connectivity index (χ1) is 5.68. The largest absolute Gasteiger partial charge is 0.400 e. The van der Waals surface area contributed by atoms with Crippen LogP contribution in [0.2, 0.25) is 0 Å². The summed E-state index contributed by atoms with van der Waals surface area (Å²) in [5.41, 5.74) is 0.462. The number of aliphatic hydroxyl groups is 1. The highest BCUT2D eigenvalue weighted by atomic mass is 16.2. The Kier molecular flexibility index (Phi) is 5.46. The summed E-state index contributed by atoms with van der Waals surface area (Å²) in [6, 6.07) is 0. The van der Waals surface area contributed by atoms with Crippen molar-refractivity contribution in [3.63, 3.8) is 0 Å². The van der Waals surface area contributed by atoms with Crippen molar-refractivity contribution in [3.05, 3.63) is 0 Å². The van der Waals surface area contributed by atoms with Crippen molar-refractivity contribution >= 4 is 0 Å². The fourth-order valence-corrected chi connectivity index (χ4v) is 1.70. The molecule has 0 aromatic carbocycles. The fraction of sp³-hybridized carbons (Fsp3) is 1.00. The second-order valence-electron chi connectivity index (χ2n) is 3.62. The Balaban J connectivity index is 0.000000561. The lowest BCUT2D eigenvalue weighted by Crippen LogP contribution is -2.55. The number of likely N-dealkylation sites (N-methyl/N-ethyl adjacent to an activating group) is 2. The highest BCUT2D eigenvalue weighted by Gasteiger charge is 2.35. The molecule has 0 spiro atoms. The van der Waals surface area contributed by atoms with Crippen LogP contribution in [0.3, 0.4) is 0 Å². The molecule has 0 aliphatic heterocycles. The predicted molar refractivity (Wildman–Crippen MR) is 52.3 cm³/mol. The van der Waals surface area contributed by atoms with Gasteiger partial charge in [-0.15, -0.1) is 0 Å². The van der Waals surface area contributed by atoms with Crippen molar-refractivity contribution in [2.75, 3.05) is 34.8 Å². The van der Waals surface area contributed by atoms with E-state index in [0.29, 0.717) is 5.54 Å². The number of nitrogens with zero attached hydrogens (tertiary/aromatic N) is 1. The van der Waals surface area contributed by atoms with Gasteiger partial charge in [-0.25, -0.2) is 0 Å². The van der Waals surface area contributed by atoms with Gasteiger partial charge in [0.15, 0.2) is 0 Å². The summed E-state index contributed by atoms with van der Waals surface area (Å²) in [4.78, 5) is 2.26. The summed E-state index contributed by atoms with van der Waals surface area (Å²) in [7, 11) is 7.34. The Bertz CT molecular complexity index is 106. The van der Waals surface area contributed by atoms with Crippen molar-refractivity contribution in [2.24, 2.45) is 0 Å². The van der Waals surface area contributed by atoms with E-state index >= 15 is 0 Å². The van der Waals surface area contributed by atoms with Crippen LogP contribution in [0.4, 0.5) is 0 Å². The molecule has 0 aromatic heterocycles. The van der Waals surface area contributed by atoms with E-state index in [1.807, 2.05) is 0 Å². The molecule has 1 aliphatic carbocycles. The van der Waals surface area contributed by atoms with Gasteiger partial charge in [-0.1, -0.05) is 0 Å². The maximum Gasteiger partial charge on any atom is 0.0319 e. The molecular formula is C9H22N2O. The van der Waals surface area contributed by atoms with Gasteiger partial charge in [0.1, 0.15) is 0 Å². The van der Waals surface area contributed by atoms with E-state index < -0.39 is 0 Å². The molecule has 1 rings (SSSR count). The molecule has 3 heteroatoms. The van der Waals surface area contributed by atoms with Crippen LogP contribution in [0.5, 0.6) is 0 Å². The summed E-state index contributed by atoms with van der Waals surface area (Å²) >= 11 is 0. The van der Waals surface area contributed by atoms with Crippen molar-refractivity contribution in [2.45, 2.75) is 24.8 Å². The normalized spacial score (nSPS) is 19.5. The average Bonchev–Trinajstić information content (AvgIpc) is 2.01. The standard InChI is InChI=1S/C8H18N2.CH4O/c1-9-8(5-4-6-8)7-10(2)3;1-2/h9H,4-7H2,1-3H3;2H,1H3. The Hall–Kier alpha value is -0.120. The van der Waals surface area contributed by atoms with E-state index in [9.17, 15) is 0 Å². The summed E-state index contributed by atoms with van der Waals surface area (Å²) in [5.74, 6) is 0. The van der Waals surface area contributed by atoms with Gasteiger partial charge in [-0.05, 0) is 40.4 Å². The molecule has 2 N–H and O–H groups in total. The minimum atomic E-state index is 0.462. The van der Waals surface area contributed by atoms with Crippen LogP contribution in [0.1, 0.15) is 19.3 Å². The van der Waals surface area contributed by atoms with Crippen molar-refractivity contribution in [1.82, 2.24) is 10.2 Å². The molecule has 1 aliphatic rings. The molecule has 0 heterocycles. The molecule has 0 radical (unpaired) electrons. The average molecular weight is 174 g/mol. The molecular weight excluding hydrogens is 152 g/mol. The second kappa shape index (κ2) is 5.51. The van der Waals surface area contributed by atoms with Gasteiger partial charge in [-0.2, -0.15) is 0 Å². The molecule has 1 fully saturated rings. The first-order valence-corrected chi connectivity index (χ1v) is 4.47. The number of hydrogen-bond acceptors (Lipinski definition) is 3. The molecule has 0 aromatic rings. The molecule has 12 heavy (non-hydrogen) atoms. The van der Waals surface area contributed by atoms with Crippen LogP contribution < -0.4 is 5.32 Å². The quantitative estimate of drug-likeness (QED) is 0.646. The van der Waals surface area contributed by atoms with Gasteiger partial charge in [0.2, 0.25) is 0 Å². The number of aliphatic hydroxyl groups excluding tert-OH is 1. The van der Waals surface area contributed by atoms with Crippen molar-refractivity contribution < 1.29 is 5.11 Å². The molecule has 3 nitrogen and oxygen atoms in total. The number of nitrogens with one attached hydrogen (secondary N) is 1. The predicted octanol–water partition coefficient (Wildman–Crippen LogP) is 0.299. The molecule has 1 saturated carbocycles. The third-order valence-electron chi connectivity index (χ3n) is 2.46. The lowest BCUT2D eigenvalue weighted by Gasteiger charge is -2.43. The zero-order valence-electron chi connectivity index (χ0n) is 8.72. The Morgan fingerprint density at radius 2 is 1.83 bits per heavy atom. The minimum absolute atomic E-state index is 0.462. The van der Waals surface area contributed by atoms with Crippen molar-refractivity contribution in [1.29, 1.82) is 0 Å². The van der Waals surface area contributed by atoms with Gasteiger partial charge < -0.3 is 15.3 Å². The number of rotatable bonds is 3. The minimum Gasteiger partial charge on any atom is -0.400 e. The van der Waals surface area contributed by atoms with Gasteiger partial charge in [-0.3, -0.25) is 0 Å². The molecule has 0 saturated heterocycles. The van der Waals surface area contributed by atoms with Crippen LogP contribution in [0.25, 0.3) is 0 Å². The highest BCUT2D eigenvalue weighted by molar-refractivity contribution is 4.96. The maximum absolute atomic E-state index is 7.00. The van der Waals surface area contributed by atoms with E-state index in [-0.39, 0.29) is 0 Å². The van der Waals surface area contributed by atoms with E-state index in [4.69, 9.17) is 5.11 Å². The van der Waals surface area contributed by atoms with Gasteiger partial charge in [0.25, 0.3) is 0 Å². The van der Waals surface area contributed by atoms with Crippen LogP contribution >= 0.6 is 0 Å². The van der Waals surface area contributed by atoms with E-state index in [1.165, 1.54) is 25.8 Å². The van der Waals surface area contributed by atoms with Crippen LogP contribution in [-0.4, -0.2) is 50.3 Å². The monoisotopic (exact) mass is 174 g/mol. The van der Waals surface area contributed by atoms with E-state index in [0.717, 1.165) is 7.11 Å². The lowest BCUT2D eigenvalue weighted by molar-refractivity contribution is 0.146. The third-order valence-corrected chi connectivity index (χ3v) is 2.46. The van der Waals surface area contributed by atoms with Crippen molar-refractivity contribution in [3.8, 4) is 0 Å². The first kappa shape index (κ1) is 11.9. The van der Waals surface area contributed by atoms with Gasteiger partial charge in [0.05, 0.1) is 0 Å². The Morgan fingerprint density at radius 3 is 1.92 bits per heavy atom. The lowest BCUT2D eigenvalue weighted by atomic mass is 9.76. The summed E-state index contributed by atoms with van der Waals surface area (Å²) in [5, 5.41) is 10.4. The van der Waals surface area contributed by atoms with E-state index in [1.54, 1.807) is 0 Å². The zero-order valence-corrected chi connectivity index (χ0v) is 8.72. The molecule has 0 unspecified atom stereocenters. The molecule has 0 bridgehead atoms. The molecule has 0 amide bonds. The summed E-state index contributed by atoms with van der Waals surface area (Å²) < 4.78 is 0. The highest BCUT2D eigenvalue weighted by Crippen LogP contribution is 2.31. The maximum atomic E-state index is 7.00. The van der Waals surface area contributed by atoms with Crippen LogP contribution in [-0.2, 0) is 0 Å². The first-order valence-electron chi connectivity index (χ1n) is 4.47. The van der Waals surface area contributed by atoms with Crippen LogP contribution in [0, 0.1) is 0 Å². The van der Waals surface area contributed by atoms with Crippen LogP contribution in [0.15, 0.2) is 0 Å². The molecule has 74 valence electrons. The van der Waals surface area contributed by atoms with E-state index in [2.05, 4.69) is 31.4 Å². The summed E-state index contributed by atoms with van der Waals surface area (Å²) in [6.45, 7) is 1.18. The Labute approximate surface area is 75.8 Å². The summed E-state index contributed by atoms with van der Waals surface area (Å²) in [6.07, 6.45) is 4.10. The number of hydrogen-bond donors (Lipinski definition) is 2. The molecule has 0 atom stereocenters. The third kappa shape index (κ3) is 3.09. The fourth-order valence-electron chi connectivity index (χ4n) is 1.70. The SMILES string of the molecule is CNC1(CN(C)C)CCC1.CO. The topological polar surface area (TPSA) is 35.5 Å². The Morgan fingerprint density at radius 1 is 1.33 bits per heavy atom. The van der Waals surface area contributed by atoms with Gasteiger partial charge >= 0.3 is 0 Å². The second-order valence-corrected chi connectivity index (χ2v) is 3.62. The smallest absolute Gasteiger partial charge is 0.0319 e. The van der Waals surface area contributed by atoms with Gasteiger partial charge in [0, 0.05) is 19.2 Å². The zero-order chi connectivity index (χ0) is 9.61.